The SMILES string of the molecule is COc1ccccc1C(C)NC(=O)c1ccc(Br)c(C)c1. The summed E-state index contributed by atoms with van der Waals surface area (Å²) in [6, 6.07) is 13.1. The predicted octanol–water partition coefficient (Wildman–Crippen LogP) is 4.26. The minimum Gasteiger partial charge on any atom is -0.496 e. The van der Waals surface area contributed by atoms with Gasteiger partial charge in [-0.05, 0) is 43.7 Å². The van der Waals surface area contributed by atoms with Gasteiger partial charge in [0.05, 0.1) is 13.2 Å². The topological polar surface area (TPSA) is 38.3 Å². The van der Waals surface area contributed by atoms with Crippen LogP contribution in [0.5, 0.6) is 5.75 Å². The Morgan fingerprint density at radius 2 is 1.95 bits per heavy atom. The first kappa shape index (κ1) is 15.6. The number of halogens is 1. The monoisotopic (exact) mass is 347 g/mol. The lowest BCUT2D eigenvalue weighted by Gasteiger charge is -2.17. The largest absolute Gasteiger partial charge is 0.496 e. The number of benzene rings is 2. The maximum Gasteiger partial charge on any atom is 0.251 e. The lowest BCUT2D eigenvalue weighted by molar-refractivity contribution is 0.0939. The molecule has 4 heteroatoms. The van der Waals surface area contributed by atoms with E-state index in [0.717, 1.165) is 21.3 Å². The first-order valence-corrected chi connectivity index (χ1v) is 7.52. The van der Waals surface area contributed by atoms with Crippen molar-refractivity contribution in [3.05, 3.63) is 63.6 Å². The van der Waals surface area contributed by atoms with Crippen molar-refractivity contribution < 1.29 is 9.53 Å². The van der Waals surface area contributed by atoms with E-state index in [1.807, 2.05) is 50.2 Å². The summed E-state index contributed by atoms with van der Waals surface area (Å²) < 4.78 is 6.33. The van der Waals surface area contributed by atoms with Gasteiger partial charge in [0, 0.05) is 15.6 Å². The fourth-order valence-electron chi connectivity index (χ4n) is 2.17. The molecule has 1 unspecified atom stereocenters. The molecule has 1 amide bonds. The first-order chi connectivity index (χ1) is 10.0. The van der Waals surface area contributed by atoms with Crippen molar-refractivity contribution in [3.8, 4) is 5.75 Å². The molecule has 0 bridgehead atoms. The fourth-order valence-corrected chi connectivity index (χ4v) is 2.41. The Kier molecular flexibility index (Phi) is 5.02. The number of hydrogen-bond donors (Lipinski definition) is 1. The number of rotatable bonds is 4. The molecule has 21 heavy (non-hydrogen) atoms. The molecular formula is C17H18BrNO2. The number of methoxy groups -OCH3 is 1. The molecule has 1 atom stereocenters. The summed E-state index contributed by atoms with van der Waals surface area (Å²) in [5.41, 5.74) is 2.65. The summed E-state index contributed by atoms with van der Waals surface area (Å²) in [6.07, 6.45) is 0. The second kappa shape index (κ2) is 6.76. The molecule has 110 valence electrons. The van der Waals surface area contributed by atoms with Crippen LogP contribution in [0.1, 0.15) is 34.5 Å². The highest BCUT2D eigenvalue weighted by molar-refractivity contribution is 9.10. The molecule has 0 radical (unpaired) electrons. The van der Waals surface area contributed by atoms with Crippen LogP contribution in [0.4, 0.5) is 0 Å². The van der Waals surface area contributed by atoms with Crippen LogP contribution in [0.3, 0.4) is 0 Å². The van der Waals surface area contributed by atoms with Crippen molar-refractivity contribution >= 4 is 21.8 Å². The van der Waals surface area contributed by atoms with Crippen LogP contribution in [0.25, 0.3) is 0 Å². The molecule has 0 heterocycles. The van der Waals surface area contributed by atoms with Crippen LogP contribution in [0, 0.1) is 6.92 Å². The fraction of sp³-hybridized carbons (Fsp3) is 0.235. The van der Waals surface area contributed by atoms with Crippen molar-refractivity contribution in [3.63, 3.8) is 0 Å². The number of hydrogen-bond acceptors (Lipinski definition) is 2. The number of carbonyl (C=O) groups excluding carboxylic acids is 1. The highest BCUT2D eigenvalue weighted by atomic mass is 79.9. The van der Waals surface area contributed by atoms with E-state index in [1.54, 1.807) is 13.2 Å². The van der Waals surface area contributed by atoms with Gasteiger partial charge >= 0.3 is 0 Å². The van der Waals surface area contributed by atoms with Gasteiger partial charge in [-0.1, -0.05) is 34.1 Å². The second-order valence-corrected chi connectivity index (χ2v) is 5.76. The van der Waals surface area contributed by atoms with Crippen molar-refractivity contribution in [2.45, 2.75) is 19.9 Å². The van der Waals surface area contributed by atoms with E-state index in [2.05, 4.69) is 21.2 Å². The van der Waals surface area contributed by atoms with Crippen LogP contribution in [0.2, 0.25) is 0 Å². The maximum atomic E-state index is 12.3. The number of carbonyl (C=O) groups is 1. The van der Waals surface area contributed by atoms with E-state index >= 15 is 0 Å². The Labute approximate surface area is 133 Å². The van der Waals surface area contributed by atoms with Crippen molar-refractivity contribution in [2.75, 3.05) is 7.11 Å². The van der Waals surface area contributed by atoms with Crippen molar-refractivity contribution in [1.82, 2.24) is 5.32 Å². The summed E-state index contributed by atoms with van der Waals surface area (Å²) in [7, 11) is 1.63. The zero-order valence-electron chi connectivity index (χ0n) is 12.3. The molecule has 2 aromatic carbocycles. The summed E-state index contributed by atoms with van der Waals surface area (Å²) in [5, 5.41) is 3.00. The Morgan fingerprint density at radius 1 is 1.24 bits per heavy atom. The van der Waals surface area contributed by atoms with Gasteiger partial charge in [-0.2, -0.15) is 0 Å². The van der Waals surface area contributed by atoms with Crippen molar-refractivity contribution in [2.24, 2.45) is 0 Å². The summed E-state index contributed by atoms with van der Waals surface area (Å²) in [4.78, 5) is 12.3. The highest BCUT2D eigenvalue weighted by Gasteiger charge is 2.15. The Morgan fingerprint density at radius 3 is 2.62 bits per heavy atom. The molecule has 2 rings (SSSR count). The molecule has 0 saturated heterocycles. The third kappa shape index (κ3) is 3.64. The molecular weight excluding hydrogens is 330 g/mol. The van der Waals surface area contributed by atoms with E-state index in [1.165, 1.54) is 0 Å². The van der Waals surface area contributed by atoms with E-state index in [0.29, 0.717) is 5.56 Å². The van der Waals surface area contributed by atoms with E-state index in [4.69, 9.17) is 4.74 Å². The molecule has 0 aromatic heterocycles. The minimum atomic E-state index is -0.127. The Bertz CT molecular complexity index is 655. The summed E-state index contributed by atoms with van der Waals surface area (Å²) >= 11 is 3.44. The normalized spacial score (nSPS) is 11.8. The number of para-hydroxylation sites is 1. The van der Waals surface area contributed by atoms with E-state index in [-0.39, 0.29) is 11.9 Å². The van der Waals surface area contributed by atoms with Crippen LogP contribution in [-0.2, 0) is 0 Å². The lowest BCUT2D eigenvalue weighted by Crippen LogP contribution is -2.27. The zero-order valence-corrected chi connectivity index (χ0v) is 13.9. The summed E-state index contributed by atoms with van der Waals surface area (Å²) in [6.45, 7) is 3.91. The Balaban J connectivity index is 2.16. The van der Waals surface area contributed by atoms with Crippen molar-refractivity contribution in [1.29, 1.82) is 0 Å². The number of ether oxygens (including phenoxy) is 1. The third-order valence-electron chi connectivity index (χ3n) is 3.37. The highest BCUT2D eigenvalue weighted by Crippen LogP contribution is 2.25. The van der Waals surface area contributed by atoms with Gasteiger partial charge in [0.25, 0.3) is 5.91 Å². The van der Waals surface area contributed by atoms with Gasteiger partial charge in [-0.15, -0.1) is 0 Å². The zero-order chi connectivity index (χ0) is 15.4. The van der Waals surface area contributed by atoms with Gasteiger partial charge in [-0.25, -0.2) is 0 Å². The molecule has 2 aromatic rings. The van der Waals surface area contributed by atoms with Gasteiger partial charge in [0.2, 0.25) is 0 Å². The third-order valence-corrected chi connectivity index (χ3v) is 4.26. The van der Waals surface area contributed by atoms with E-state index < -0.39 is 0 Å². The smallest absolute Gasteiger partial charge is 0.251 e. The number of amides is 1. The van der Waals surface area contributed by atoms with Crippen LogP contribution >= 0.6 is 15.9 Å². The summed E-state index contributed by atoms with van der Waals surface area (Å²) in [5.74, 6) is 0.682. The molecule has 0 fully saturated rings. The number of nitrogens with one attached hydrogen (secondary N) is 1. The van der Waals surface area contributed by atoms with Crippen LogP contribution < -0.4 is 10.1 Å². The average Bonchev–Trinajstić information content (AvgIpc) is 2.49. The van der Waals surface area contributed by atoms with Gasteiger partial charge < -0.3 is 10.1 Å². The second-order valence-electron chi connectivity index (χ2n) is 4.90. The molecule has 0 aliphatic rings. The molecule has 0 aliphatic carbocycles. The van der Waals surface area contributed by atoms with Gasteiger partial charge in [-0.3, -0.25) is 4.79 Å². The minimum absolute atomic E-state index is 0.0935. The predicted molar refractivity (Wildman–Crippen MR) is 87.8 cm³/mol. The first-order valence-electron chi connectivity index (χ1n) is 6.73. The number of aryl methyl sites for hydroxylation is 1. The van der Waals surface area contributed by atoms with Gasteiger partial charge in [0.15, 0.2) is 0 Å². The lowest BCUT2D eigenvalue weighted by atomic mass is 10.1. The average molecular weight is 348 g/mol. The molecule has 0 spiro atoms. The quantitative estimate of drug-likeness (QED) is 0.897. The molecule has 1 N–H and O–H groups in total. The van der Waals surface area contributed by atoms with E-state index in [9.17, 15) is 4.79 Å². The van der Waals surface area contributed by atoms with Crippen LogP contribution in [-0.4, -0.2) is 13.0 Å². The standard InChI is InChI=1S/C17H18BrNO2/c1-11-10-13(8-9-15(11)18)17(20)19-12(2)14-6-4-5-7-16(14)21-3/h4-10,12H,1-3H3,(H,19,20). The molecule has 0 saturated carbocycles. The van der Waals surface area contributed by atoms with Gasteiger partial charge in [0.1, 0.15) is 5.75 Å². The maximum absolute atomic E-state index is 12.3. The molecule has 0 aliphatic heterocycles. The molecule has 3 nitrogen and oxygen atoms in total. The Hall–Kier alpha value is -1.81. The van der Waals surface area contributed by atoms with Crippen LogP contribution in [0.15, 0.2) is 46.9 Å².